The van der Waals surface area contributed by atoms with Gasteiger partial charge in [0.15, 0.2) is 0 Å². The Morgan fingerprint density at radius 1 is 1.53 bits per heavy atom. The van der Waals surface area contributed by atoms with Crippen molar-refractivity contribution in [1.29, 1.82) is 0 Å². The summed E-state index contributed by atoms with van der Waals surface area (Å²) in [6.07, 6.45) is 2.02. The molecule has 0 fully saturated rings. The third-order valence-corrected chi connectivity index (χ3v) is 2.07. The maximum atomic E-state index is 9.23. The molecule has 4 N–H and O–H groups in total. The first-order valence-corrected chi connectivity index (χ1v) is 5.02. The molecule has 0 radical (unpaired) electrons. The van der Waals surface area contributed by atoms with Gasteiger partial charge in [-0.1, -0.05) is 0 Å². The molecule has 5 heteroatoms. The number of hydrogen-bond donors (Lipinski definition) is 3. The first kappa shape index (κ1) is 11.7. The van der Waals surface area contributed by atoms with E-state index in [2.05, 4.69) is 15.3 Å². The molecule has 2 unspecified atom stereocenters. The molecular weight excluding hydrogens is 192 g/mol. The number of aliphatic hydroxyl groups excluding tert-OH is 1. The topological polar surface area (TPSA) is 84.1 Å². The first-order chi connectivity index (χ1) is 6.99. The molecule has 1 heterocycles. The Kier molecular flexibility index (Phi) is 3.85. The highest BCUT2D eigenvalue weighted by Crippen LogP contribution is 2.13. The zero-order valence-corrected chi connectivity index (χ0v) is 9.36. The van der Waals surface area contributed by atoms with E-state index in [0.717, 1.165) is 11.4 Å². The number of anilines is 2. The van der Waals surface area contributed by atoms with Gasteiger partial charge in [-0.15, -0.1) is 0 Å². The van der Waals surface area contributed by atoms with E-state index >= 15 is 0 Å². The van der Waals surface area contributed by atoms with E-state index in [-0.39, 0.29) is 18.1 Å². The number of nitrogens with one attached hydrogen (secondary N) is 1. The summed E-state index contributed by atoms with van der Waals surface area (Å²) in [7, 11) is 0. The van der Waals surface area contributed by atoms with Crippen LogP contribution in [0.15, 0.2) is 6.20 Å². The molecule has 0 bridgehead atoms. The Bertz CT molecular complexity index is 327. The van der Waals surface area contributed by atoms with Crippen molar-refractivity contribution in [3.8, 4) is 0 Å². The normalized spacial score (nSPS) is 14.7. The van der Waals surface area contributed by atoms with Crippen LogP contribution in [0.5, 0.6) is 0 Å². The van der Waals surface area contributed by atoms with Gasteiger partial charge < -0.3 is 16.2 Å². The standard InChI is InChI=1S/C10H18N4O/c1-6-5-12-10(11)14-9(6)13-7(2)4-8(3)15/h5,7-8,15H,4H2,1-3H3,(H3,11,12,13,14). The molecule has 15 heavy (non-hydrogen) atoms. The number of nitrogens with zero attached hydrogens (tertiary/aromatic N) is 2. The van der Waals surface area contributed by atoms with E-state index < -0.39 is 0 Å². The molecule has 0 spiro atoms. The summed E-state index contributed by atoms with van der Waals surface area (Å²) in [5.41, 5.74) is 6.44. The summed E-state index contributed by atoms with van der Waals surface area (Å²) in [4.78, 5) is 7.98. The van der Waals surface area contributed by atoms with Gasteiger partial charge in [0.2, 0.25) is 5.95 Å². The number of nitrogens with two attached hydrogens (primary N) is 1. The molecular formula is C10H18N4O. The van der Waals surface area contributed by atoms with Crippen LogP contribution in [-0.4, -0.2) is 27.2 Å². The third kappa shape index (κ3) is 3.71. The first-order valence-electron chi connectivity index (χ1n) is 5.02. The van der Waals surface area contributed by atoms with Crippen LogP contribution in [0, 0.1) is 6.92 Å². The largest absolute Gasteiger partial charge is 0.393 e. The van der Waals surface area contributed by atoms with Gasteiger partial charge in [-0.25, -0.2) is 4.98 Å². The second-order valence-electron chi connectivity index (χ2n) is 3.89. The van der Waals surface area contributed by atoms with E-state index in [1.165, 1.54) is 0 Å². The van der Waals surface area contributed by atoms with Crippen molar-refractivity contribution >= 4 is 11.8 Å². The second-order valence-corrected chi connectivity index (χ2v) is 3.89. The predicted octanol–water partition coefficient (Wildman–Crippen LogP) is 0.939. The molecule has 0 saturated carbocycles. The van der Waals surface area contributed by atoms with Gasteiger partial charge in [-0.2, -0.15) is 4.98 Å². The van der Waals surface area contributed by atoms with Crippen LogP contribution in [0.3, 0.4) is 0 Å². The van der Waals surface area contributed by atoms with Crippen LogP contribution in [0.2, 0.25) is 0 Å². The van der Waals surface area contributed by atoms with Crippen molar-refractivity contribution < 1.29 is 5.11 Å². The van der Waals surface area contributed by atoms with E-state index in [9.17, 15) is 5.11 Å². The van der Waals surface area contributed by atoms with Crippen LogP contribution in [0.1, 0.15) is 25.8 Å². The van der Waals surface area contributed by atoms with Gasteiger partial charge in [0.05, 0.1) is 6.10 Å². The van der Waals surface area contributed by atoms with Crippen molar-refractivity contribution in [3.05, 3.63) is 11.8 Å². The summed E-state index contributed by atoms with van der Waals surface area (Å²) in [6.45, 7) is 5.67. The monoisotopic (exact) mass is 210 g/mol. The molecule has 1 aromatic rings. The van der Waals surface area contributed by atoms with Crippen molar-refractivity contribution in [1.82, 2.24) is 9.97 Å². The fourth-order valence-corrected chi connectivity index (χ4v) is 1.41. The minimum atomic E-state index is -0.327. The fourth-order valence-electron chi connectivity index (χ4n) is 1.41. The van der Waals surface area contributed by atoms with Crippen LogP contribution in [-0.2, 0) is 0 Å². The van der Waals surface area contributed by atoms with Crippen LogP contribution in [0.4, 0.5) is 11.8 Å². The Hall–Kier alpha value is -1.36. The SMILES string of the molecule is Cc1cnc(N)nc1NC(C)CC(C)O. The number of aliphatic hydroxyl groups is 1. The molecule has 1 rings (SSSR count). The average Bonchev–Trinajstić information content (AvgIpc) is 2.10. The molecule has 0 aliphatic rings. The molecule has 0 saturated heterocycles. The van der Waals surface area contributed by atoms with E-state index in [1.54, 1.807) is 13.1 Å². The maximum Gasteiger partial charge on any atom is 0.221 e. The lowest BCUT2D eigenvalue weighted by molar-refractivity contribution is 0.179. The number of aromatic nitrogens is 2. The summed E-state index contributed by atoms with van der Waals surface area (Å²) in [6, 6.07) is 0.151. The quantitative estimate of drug-likeness (QED) is 0.688. The molecule has 0 aliphatic carbocycles. The molecule has 0 amide bonds. The maximum absolute atomic E-state index is 9.23. The lowest BCUT2D eigenvalue weighted by Crippen LogP contribution is -2.22. The number of rotatable bonds is 4. The van der Waals surface area contributed by atoms with Crippen molar-refractivity contribution in [2.75, 3.05) is 11.1 Å². The lowest BCUT2D eigenvalue weighted by Gasteiger charge is -2.17. The van der Waals surface area contributed by atoms with Gasteiger partial charge >= 0.3 is 0 Å². The molecule has 84 valence electrons. The number of aryl methyl sites for hydroxylation is 1. The van der Waals surface area contributed by atoms with Gasteiger partial charge in [0.25, 0.3) is 0 Å². The molecule has 1 aromatic heterocycles. The molecule has 0 aromatic carbocycles. The Morgan fingerprint density at radius 3 is 2.80 bits per heavy atom. The highest BCUT2D eigenvalue weighted by atomic mass is 16.3. The van der Waals surface area contributed by atoms with Crippen LogP contribution in [0.25, 0.3) is 0 Å². The van der Waals surface area contributed by atoms with Crippen molar-refractivity contribution in [2.24, 2.45) is 0 Å². The highest BCUT2D eigenvalue weighted by molar-refractivity contribution is 5.45. The third-order valence-electron chi connectivity index (χ3n) is 2.07. The van der Waals surface area contributed by atoms with Crippen molar-refractivity contribution in [3.63, 3.8) is 0 Å². The van der Waals surface area contributed by atoms with E-state index in [0.29, 0.717) is 6.42 Å². The Balaban J connectivity index is 2.67. The predicted molar refractivity (Wildman–Crippen MR) is 60.6 cm³/mol. The zero-order valence-electron chi connectivity index (χ0n) is 9.36. The Labute approximate surface area is 89.7 Å². The average molecular weight is 210 g/mol. The minimum absolute atomic E-state index is 0.151. The summed E-state index contributed by atoms with van der Waals surface area (Å²) in [5.74, 6) is 0.989. The van der Waals surface area contributed by atoms with Gasteiger partial charge in [0.1, 0.15) is 5.82 Å². The molecule has 5 nitrogen and oxygen atoms in total. The van der Waals surface area contributed by atoms with Crippen molar-refractivity contribution in [2.45, 2.75) is 39.3 Å². The Morgan fingerprint density at radius 2 is 2.20 bits per heavy atom. The second kappa shape index (κ2) is 4.93. The summed E-state index contributed by atoms with van der Waals surface area (Å²) in [5, 5.41) is 12.4. The van der Waals surface area contributed by atoms with Gasteiger partial charge in [0, 0.05) is 17.8 Å². The summed E-state index contributed by atoms with van der Waals surface area (Å²) < 4.78 is 0. The smallest absolute Gasteiger partial charge is 0.221 e. The van der Waals surface area contributed by atoms with E-state index in [1.807, 2.05) is 13.8 Å². The van der Waals surface area contributed by atoms with Crippen LogP contribution < -0.4 is 11.1 Å². The van der Waals surface area contributed by atoms with Gasteiger partial charge in [-0.3, -0.25) is 0 Å². The van der Waals surface area contributed by atoms with E-state index in [4.69, 9.17) is 5.73 Å². The van der Waals surface area contributed by atoms with Gasteiger partial charge in [-0.05, 0) is 27.2 Å². The fraction of sp³-hybridized carbons (Fsp3) is 0.600. The highest BCUT2D eigenvalue weighted by Gasteiger charge is 2.08. The number of hydrogen-bond acceptors (Lipinski definition) is 5. The molecule has 2 atom stereocenters. The van der Waals surface area contributed by atoms with Crippen LogP contribution >= 0.6 is 0 Å². The lowest BCUT2D eigenvalue weighted by atomic mass is 10.1. The minimum Gasteiger partial charge on any atom is -0.393 e. The number of nitrogen functional groups attached to an aromatic ring is 1. The summed E-state index contributed by atoms with van der Waals surface area (Å²) >= 11 is 0. The molecule has 0 aliphatic heterocycles. The zero-order chi connectivity index (χ0) is 11.4.